The molecule has 196 valence electrons. The first-order valence-electron chi connectivity index (χ1n) is 12.9. The van der Waals surface area contributed by atoms with Crippen LogP contribution in [0.4, 0.5) is 4.39 Å². The summed E-state index contributed by atoms with van der Waals surface area (Å²) in [7, 11) is 0. The van der Waals surface area contributed by atoms with E-state index in [4.69, 9.17) is 4.74 Å². The first-order chi connectivity index (χ1) is 17.8. The van der Waals surface area contributed by atoms with Gasteiger partial charge in [0.05, 0.1) is 6.04 Å². The number of hydrogen-bond acceptors (Lipinski definition) is 4. The summed E-state index contributed by atoms with van der Waals surface area (Å²) in [5.41, 5.74) is 3.59. The molecule has 2 amide bonds. The predicted molar refractivity (Wildman–Crippen MR) is 146 cm³/mol. The molecule has 4 rings (SSSR count). The second-order valence-electron chi connectivity index (χ2n) is 9.94. The summed E-state index contributed by atoms with van der Waals surface area (Å²) >= 11 is 1.70. The van der Waals surface area contributed by atoms with E-state index in [1.54, 1.807) is 22.3 Å². The fraction of sp³-hybridized carbons (Fsp3) is 0.400. The van der Waals surface area contributed by atoms with E-state index in [1.807, 2.05) is 30.9 Å². The maximum atomic E-state index is 13.9. The molecule has 0 bridgehead atoms. The maximum absolute atomic E-state index is 13.9. The van der Waals surface area contributed by atoms with Crippen molar-refractivity contribution in [2.45, 2.75) is 46.6 Å². The SMILES string of the molecule is CC[C@H](C)CN(CC(=O)N1CCc2sccc2[C@H]1COc1ccc(C)cc1C)C(=O)c1cccc(F)c1. The molecule has 0 N–H and O–H groups in total. The topological polar surface area (TPSA) is 49.9 Å². The van der Waals surface area contributed by atoms with E-state index in [9.17, 15) is 14.0 Å². The van der Waals surface area contributed by atoms with Gasteiger partial charge in [-0.15, -0.1) is 11.3 Å². The minimum Gasteiger partial charge on any atom is -0.491 e. The number of aryl methyl sites for hydroxylation is 2. The standard InChI is InChI=1S/C30H35FN2O3S/c1-5-20(2)17-32(30(35)23-7-6-8-24(31)16-23)18-29(34)33-13-11-28-25(12-14-37-28)26(33)19-36-27-10-9-21(3)15-22(27)4/h6-10,12,14-16,20,26H,5,11,13,17-19H2,1-4H3/t20-,26+/m0/s1. The van der Waals surface area contributed by atoms with Gasteiger partial charge in [-0.3, -0.25) is 9.59 Å². The van der Waals surface area contributed by atoms with Crippen molar-refractivity contribution in [2.24, 2.45) is 5.92 Å². The third-order valence-electron chi connectivity index (χ3n) is 7.06. The number of carbonyl (C=O) groups is 2. The molecule has 1 aromatic heterocycles. The number of nitrogens with zero attached hydrogens (tertiary/aromatic N) is 2. The number of fused-ring (bicyclic) bond motifs is 1. The van der Waals surface area contributed by atoms with E-state index in [-0.39, 0.29) is 35.9 Å². The highest BCUT2D eigenvalue weighted by molar-refractivity contribution is 7.10. The number of carbonyl (C=O) groups excluding carboxylic acids is 2. The van der Waals surface area contributed by atoms with Gasteiger partial charge in [-0.05, 0) is 73.0 Å². The van der Waals surface area contributed by atoms with Gasteiger partial charge in [-0.25, -0.2) is 4.39 Å². The summed E-state index contributed by atoms with van der Waals surface area (Å²) in [4.78, 5) is 31.8. The predicted octanol–water partition coefficient (Wildman–Crippen LogP) is 6.20. The van der Waals surface area contributed by atoms with Gasteiger partial charge in [-0.1, -0.05) is 44.0 Å². The molecule has 2 aromatic carbocycles. The van der Waals surface area contributed by atoms with Crippen LogP contribution in [0.25, 0.3) is 0 Å². The van der Waals surface area contributed by atoms with Crippen molar-refractivity contribution in [3.63, 3.8) is 0 Å². The Morgan fingerprint density at radius 3 is 2.73 bits per heavy atom. The van der Waals surface area contributed by atoms with Crippen LogP contribution < -0.4 is 4.74 Å². The number of benzene rings is 2. The summed E-state index contributed by atoms with van der Waals surface area (Å²) in [6.45, 7) is 9.45. The van der Waals surface area contributed by atoms with Crippen LogP contribution in [0.5, 0.6) is 5.75 Å². The molecule has 0 spiro atoms. The minimum absolute atomic E-state index is 0.0563. The molecule has 37 heavy (non-hydrogen) atoms. The highest BCUT2D eigenvalue weighted by Gasteiger charge is 2.34. The molecule has 0 saturated heterocycles. The van der Waals surface area contributed by atoms with Gasteiger partial charge in [0, 0.05) is 23.5 Å². The molecular formula is C30H35FN2O3S. The van der Waals surface area contributed by atoms with Gasteiger partial charge in [0.25, 0.3) is 5.91 Å². The minimum atomic E-state index is -0.467. The molecule has 0 aliphatic carbocycles. The molecule has 7 heteroatoms. The zero-order valence-electron chi connectivity index (χ0n) is 22.0. The van der Waals surface area contributed by atoms with Gasteiger partial charge in [0.2, 0.25) is 5.91 Å². The Morgan fingerprint density at radius 1 is 1.19 bits per heavy atom. The van der Waals surface area contributed by atoms with E-state index in [0.29, 0.717) is 19.7 Å². The second kappa shape index (κ2) is 11.9. The van der Waals surface area contributed by atoms with E-state index < -0.39 is 5.82 Å². The van der Waals surface area contributed by atoms with Crippen LogP contribution in [0, 0.1) is 25.6 Å². The molecule has 2 atom stereocenters. The van der Waals surface area contributed by atoms with Crippen LogP contribution in [-0.2, 0) is 11.2 Å². The molecule has 2 heterocycles. The quantitative estimate of drug-likeness (QED) is 0.336. The lowest BCUT2D eigenvalue weighted by Gasteiger charge is -2.37. The van der Waals surface area contributed by atoms with E-state index in [2.05, 4.69) is 31.4 Å². The van der Waals surface area contributed by atoms with E-state index in [1.165, 1.54) is 28.6 Å². The summed E-state index contributed by atoms with van der Waals surface area (Å²) in [6.07, 6.45) is 1.65. The third kappa shape index (κ3) is 6.39. The largest absolute Gasteiger partial charge is 0.491 e. The first-order valence-corrected chi connectivity index (χ1v) is 13.7. The fourth-order valence-electron chi connectivity index (χ4n) is 4.79. The number of rotatable bonds is 9. The summed E-state index contributed by atoms with van der Waals surface area (Å²) < 4.78 is 20.1. The number of ether oxygens (including phenoxy) is 1. The van der Waals surface area contributed by atoms with E-state index >= 15 is 0 Å². The smallest absolute Gasteiger partial charge is 0.254 e. The molecule has 1 aliphatic heterocycles. The number of amides is 2. The molecule has 0 saturated carbocycles. The van der Waals surface area contributed by atoms with Gasteiger partial charge in [0.1, 0.15) is 24.7 Å². The van der Waals surface area contributed by atoms with Crippen molar-refractivity contribution in [1.29, 1.82) is 0 Å². The van der Waals surface area contributed by atoms with Gasteiger partial charge < -0.3 is 14.5 Å². The van der Waals surface area contributed by atoms with Crippen molar-refractivity contribution in [3.05, 3.63) is 86.9 Å². The number of thiophene rings is 1. The zero-order valence-corrected chi connectivity index (χ0v) is 22.8. The normalized spacial score (nSPS) is 15.7. The Hall–Kier alpha value is -3.19. The number of halogens is 1. The van der Waals surface area contributed by atoms with Crippen LogP contribution in [0.15, 0.2) is 53.9 Å². The molecule has 3 aromatic rings. The first kappa shape index (κ1) is 26.9. The van der Waals surface area contributed by atoms with Crippen LogP contribution in [0.3, 0.4) is 0 Å². The third-order valence-corrected chi connectivity index (χ3v) is 8.05. The second-order valence-corrected chi connectivity index (χ2v) is 10.9. The average Bonchev–Trinajstić information content (AvgIpc) is 3.36. The maximum Gasteiger partial charge on any atom is 0.254 e. The summed E-state index contributed by atoms with van der Waals surface area (Å²) in [6, 6.07) is 13.6. The molecule has 1 aliphatic rings. The lowest BCUT2D eigenvalue weighted by Crippen LogP contribution is -2.48. The van der Waals surface area contributed by atoms with Crippen LogP contribution in [0.1, 0.15) is 58.2 Å². The molecule has 0 unspecified atom stereocenters. The zero-order chi connectivity index (χ0) is 26.5. The lowest BCUT2D eigenvalue weighted by atomic mass is 10.00. The summed E-state index contributed by atoms with van der Waals surface area (Å²) in [5.74, 6) is 0.0905. The Kier molecular flexibility index (Phi) is 8.64. The van der Waals surface area contributed by atoms with Crippen LogP contribution in [0.2, 0.25) is 0 Å². The molecular weight excluding hydrogens is 487 g/mol. The van der Waals surface area contributed by atoms with Gasteiger partial charge >= 0.3 is 0 Å². The van der Waals surface area contributed by atoms with Crippen molar-refractivity contribution < 1.29 is 18.7 Å². The van der Waals surface area contributed by atoms with Crippen molar-refractivity contribution in [1.82, 2.24) is 9.80 Å². The highest BCUT2D eigenvalue weighted by Crippen LogP contribution is 2.34. The van der Waals surface area contributed by atoms with Crippen molar-refractivity contribution >= 4 is 23.2 Å². The Bertz CT molecular complexity index is 1260. The Labute approximate surface area is 222 Å². The van der Waals surface area contributed by atoms with Gasteiger partial charge in [-0.2, -0.15) is 0 Å². The summed E-state index contributed by atoms with van der Waals surface area (Å²) in [5, 5.41) is 2.06. The number of hydrogen-bond donors (Lipinski definition) is 0. The lowest BCUT2D eigenvalue weighted by molar-refractivity contribution is -0.135. The highest BCUT2D eigenvalue weighted by atomic mass is 32.1. The Balaban J connectivity index is 1.55. The van der Waals surface area contributed by atoms with Crippen LogP contribution in [-0.4, -0.2) is 47.9 Å². The van der Waals surface area contributed by atoms with Crippen molar-refractivity contribution in [2.75, 3.05) is 26.2 Å². The Morgan fingerprint density at radius 2 is 2.00 bits per heavy atom. The fourth-order valence-corrected chi connectivity index (χ4v) is 5.72. The van der Waals surface area contributed by atoms with Crippen molar-refractivity contribution in [3.8, 4) is 5.75 Å². The monoisotopic (exact) mass is 522 g/mol. The molecule has 0 fully saturated rings. The average molecular weight is 523 g/mol. The van der Waals surface area contributed by atoms with Crippen LogP contribution >= 0.6 is 11.3 Å². The van der Waals surface area contributed by atoms with Gasteiger partial charge in [0.15, 0.2) is 0 Å². The molecule has 5 nitrogen and oxygen atoms in total. The molecule has 0 radical (unpaired) electrons. The van der Waals surface area contributed by atoms with E-state index in [0.717, 1.165) is 29.7 Å².